The summed E-state index contributed by atoms with van der Waals surface area (Å²) < 4.78 is 0. The van der Waals surface area contributed by atoms with Crippen LogP contribution >= 0.6 is 0 Å². The fourth-order valence-corrected chi connectivity index (χ4v) is 2.93. The van der Waals surface area contributed by atoms with Gasteiger partial charge in [-0.1, -0.05) is 89.6 Å². The van der Waals surface area contributed by atoms with E-state index in [1.807, 2.05) is 0 Å². The van der Waals surface area contributed by atoms with Gasteiger partial charge in [0, 0.05) is 0 Å². The molecule has 0 bridgehead atoms. The monoisotopic (exact) mass is 282 g/mol. The highest BCUT2D eigenvalue weighted by Gasteiger charge is 2.27. The summed E-state index contributed by atoms with van der Waals surface area (Å²) in [4.78, 5) is 0. The number of hydrogen-bond donors (Lipinski definition) is 0. The lowest BCUT2D eigenvalue weighted by molar-refractivity contribution is 0.432. The van der Waals surface area contributed by atoms with Crippen molar-refractivity contribution in [2.75, 3.05) is 0 Å². The average molecular weight is 282 g/mol. The zero-order chi connectivity index (χ0) is 15.7. The van der Waals surface area contributed by atoms with Crippen molar-refractivity contribution in [3.05, 3.63) is 59.2 Å². The van der Waals surface area contributed by atoms with Gasteiger partial charge in [-0.25, -0.2) is 0 Å². The molecule has 2 rings (SSSR count). The zero-order valence-electron chi connectivity index (χ0n) is 14.5. The second-order valence-electron chi connectivity index (χ2n) is 8.45. The number of benzene rings is 1. The van der Waals surface area contributed by atoms with E-state index in [0.29, 0.717) is 5.92 Å². The molecule has 0 nitrogen and oxygen atoms in total. The van der Waals surface area contributed by atoms with Gasteiger partial charge in [-0.15, -0.1) is 0 Å². The summed E-state index contributed by atoms with van der Waals surface area (Å²) in [6, 6.07) is 10.9. The summed E-state index contributed by atoms with van der Waals surface area (Å²) in [5.74, 6) is 0.626. The van der Waals surface area contributed by atoms with Crippen LogP contribution in [-0.2, 0) is 6.42 Å². The first-order valence-corrected chi connectivity index (χ1v) is 8.13. The third kappa shape index (κ3) is 4.33. The molecule has 0 spiro atoms. The first-order chi connectivity index (χ1) is 9.66. The average Bonchev–Trinajstić information content (AvgIpc) is 2.37. The zero-order valence-corrected chi connectivity index (χ0v) is 14.5. The quantitative estimate of drug-likeness (QED) is 0.606. The van der Waals surface area contributed by atoms with Gasteiger partial charge in [0.05, 0.1) is 0 Å². The molecular weight excluding hydrogens is 252 g/mol. The topological polar surface area (TPSA) is 0 Å². The van der Waals surface area contributed by atoms with E-state index in [1.54, 1.807) is 5.57 Å². The van der Waals surface area contributed by atoms with Crippen LogP contribution in [0.15, 0.2) is 53.6 Å². The van der Waals surface area contributed by atoms with E-state index in [9.17, 15) is 0 Å². The van der Waals surface area contributed by atoms with Crippen LogP contribution in [0.25, 0.3) is 0 Å². The minimum Gasteiger partial charge on any atom is -0.0770 e. The summed E-state index contributed by atoms with van der Waals surface area (Å²) >= 11 is 0. The summed E-state index contributed by atoms with van der Waals surface area (Å²) in [5, 5.41) is 0. The van der Waals surface area contributed by atoms with Crippen molar-refractivity contribution in [1.29, 1.82) is 0 Å². The number of hydrogen-bond acceptors (Lipinski definition) is 0. The molecule has 1 atom stereocenters. The van der Waals surface area contributed by atoms with Crippen LogP contribution in [0, 0.1) is 16.7 Å². The van der Waals surface area contributed by atoms with Gasteiger partial charge in [0.2, 0.25) is 0 Å². The van der Waals surface area contributed by atoms with Crippen LogP contribution in [0.2, 0.25) is 0 Å². The van der Waals surface area contributed by atoms with E-state index < -0.39 is 0 Å². The van der Waals surface area contributed by atoms with Crippen LogP contribution in [-0.4, -0.2) is 0 Å². The molecule has 1 aromatic carbocycles. The van der Waals surface area contributed by atoms with Gasteiger partial charge >= 0.3 is 0 Å². The smallest absolute Gasteiger partial charge is 0.0135 e. The second kappa shape index (κ2) is 5.83. The van der Waals surface area contributed by atoms with Crippen LogP contribution in [0.1, 0.15) is 53.5 Å². The second-order valence-corrected chi connectivity index (χ2v) is 8.45. The highest BCUT2D eigenvalue weighted by Crippen LogP contribution is 2.41. The lowest BCUT2D eigenvalue weighted by Crippen LogP contribution is -2.21. The Morgan fingerprint density at radius 1 is 0.905 bits per heavy atom. The van der Waals surface area contributed by atoms with E-state index in [4.69, 9.17) is 0 Å². The lowest BCUT2D eigenvalue weighted by atomic mass is 9.71. The molecule has 1 aliphatic rings. The molecule has 1 aliphatic carbocycles. The Balaban J connectivity index is 2.28. The Kier molecular flexibility index (Phi) is 4.46. The highest BCUT2D eigenvalue weighted by molar-refractivity contribution is 5.36. The summed E-state index contributed by atoms with van der Waals surface area (Å²) in [6.07, 6.45) is 7.32. The van der Waals surface area contributed by atoms with Gasteiger partial charge in [0.1, 0.15) is 0 Å². The predicted octanol–water partition coefficient (Wildman–Crippen LogP) is 6.19. The Hall–Kier alpha value is -1.30. The van der Waals surface area contributed by atoms with Crippen molar-refractivity contribution in [3.63, 3.8) is 0 Å². The predicted molar refractivity (Wildman–Crippen MR) is 93.3 cm³/mol. The molecule has 1 unspecified atom stereocenters. The summed E-state index contributed by atoms with van der Waals surface area (Å²) in [5.41, 5.74) is 5.03. The standard InChI is InChI=1S/C21H30/c1-20(2,3)18-13-17(12-16-10-8-7-9-11-16)14-19(15-18)21(4,5)6/h7-11,13,15,17H,12,14H2,1-6H3. The fraction of sp³-hybridized carbons (Fsp3) is 0.524. The molecule has 1 aromatic rings. The van der Waals surface area contributed by atoms with Crippen molar-refractivity contribution in [3.8, 4) is 0 Å². The molecule has 0 heterocycles. The Morgan fingerprint density at radius 3 is 2.05 bits per heavy atom. The normalized spacial score (nSPS) is 20.0. The van der Waals surface area contributed by atoms with Crippen molar-refractivity contribution < 1.29 is 0 Å². The molecule has 114 valence electrons. The molecule has 0 N–H and O–H groups in total. The fourth-order valence-electron chi connectivity index (χ4n) is 2.93. The Bertz CT molecular complexity index is 530. The maximum absolute atomic E-state index is 2.52. The van der Waals surface area contributed by atoms with Crippen molar-refractivity contribution in [2.45, 2.75) is 54.4 Å². The number of rotatable bonds is 2. The van der Waals surface area contributed by atoms with Gasteiger partial charge in [0.25, 0.3) is 0 Å². The number of allylic oxidation sites excluding steroid dienone is 4. The van der Waals surface area contributed by atoms with Crippen molar-refractivity contribution >= 4 is 0 Å². The van der Waals surface area contributed by atoms with E-state index >= 15 is 0 Å². The highest BCUT2D eigenvalue weighted by atomic mass is 14.3. The van der Waals surface area contributed by atoms with Crippen molar-refractivity contribution in [1.82, 2.24) is 0 Å². The molecule has 0 saturated carbocycles. The maximum Gasteiger partial charge on any atom is -0.0135 e. The molecule has 0 amide bonds. The van der Waals surface area contributed by atoms with E-state index in [0.717, 1.165) is 6.42 Å². The van der Waals surface area contributed by atoms with Crippen LogP contribution in [0.4, 0.5) is 0 Å². The SMILES string of the molecule is CC(C)(C)C1=CC(Cc2ccccc2)CC(C(C)(C)C)=C1. The molecule has 0 saturated heterocycles. The third-order valence-corrected chi connectivity index (χ3v) is 4.40. The largest absolute Gasteiger partial charge is 0.0770 e. The molecular formula is C21H30. The van der Waals surface area contributed by atoms with Gasteiger partial charge in [-0.05, 0) is 40.7 Å². The summed E-state index contributed by atoms with van der Waals surface area (Å²) in [6.45, 7) is 14.0. The minimum absolute atomic E-state index is 0.228. The van der Waals surface area contributed by atoms with Crippen LogP contribution < -0.4 is 0 Å². The van der Waals surface area contributed by atoms with Crippen LogP contribution in [0.3, 0.4) is 0 Å². The maximum atomic E-state index is 2.52. The Morgan fingerprint density at radius 2 is 1.52 bits per heavy atom. The molecule has 0 heteroatoms. The van der Waals surface area contributed by atoms with E-state index in [-0.39, 0.29) is 10.8 Å². The molecule has 21 heavy (non-hydrogen) atoms. The molecule has 0 aliphatic heterocycles. The van der Waals surface area contributed by atoms with E-state index in [2.05, 4.69) is 84.0 Å². The third-order valence-electron chi connectivity index (χ3n) is 4.40. The lowest BCUT2D eigenvalue weighted by Gasteiger charge is -2.34. The van der Waals surface area contributed by atoms with Crippen LogP contribution in [0.5, 0.6) is 0 Å². The molecule has 0 fully saturated rings. The minimum atomic E-state index is 0.228. The first-order valence-electron chi connectivity index (χ1n) is 8.13. The summed E-state index contributed by atoms with van der Waals surface area (Å²) in [7, 11) is 0. The van der Waals surface area contributed by atoms with E-state index in [1.165, 1.54) is 17.6 Å². The van der Waals surface area contributed by atoms with Gasteiger partial charge in [0.15, 0.2) is 0 Å². The molecule has 0 radical (unpaired) electrons. The Labute approximate surface area is 131 Å². The first kappa shape index (κ1) is 16.1. The van der Waals surface area contributed by atoms with Gasteiger partial charge < -0.3 is 0 Å². The molecule has 0 aromatic heterocycles. The van der Waals surface area contributed by atoms with Crippen molar-refractivity contribution in [2.24, 2.45) is 16.7 Å². The van der Waals surface area contributed by atoms with Gasteiger partial charge in [-0.3, -0.25) is 0 Å². The van der Waals surface area contributed by atoms with Gasteiger partial charge in [-0.2, -0.15) is 0 Å².